The summed E-state index contributed by atoms with van der Waals surface area (Å²) in [4.78, 5) is 4.05. The van der Waals surface area contributed by atoms with Gasteiger partial charge in [0.05, 0.1) is 0 Å². The van der Waals surface area contributed by atoms with Gasteiger partial charge >= 0.3 is 6.18 Å². The fraction of sp³-hybridized carbons (Fsp3) is 0.308. The molecular formula is C13H13F3N2S. The number of aromatic nitrogens is 1. The molecule has 0 aliphatic carbocycles. The van der Waals surface area contributed by atoms with Gasteiger partial charge in [-0.3, -0.25) is 0 Å². The number of hydrogen-bond acceptors (Lipinski definition) is 3. The third-order valence-electron chi connectivity index (χ3n) is 2.74. The van der Waals surface area contributed by atoms with Crippen LogP contribution in [-0.4, -0.2) is 12.0 Å². The molecule has 1 atom stereocenters. The lowest BCUT2D eigenvalue weighted by Crippen LogP contribution is -2.17. The van der Waals surface area contributed by atoms with Gasteiger partial charge in [-0.25, -0.2) is 4.98 Å². The molecule has 1 aromatic carbocycles. The predicted molar refractivity (Wildman–Crippen MR) is 69.1 cm³/mol. The van der Waals surface area contributed by atoms with E-state index >= 15 is 0 Å². The van der Waals surface area contributed by atoms with Gasteiger partial charge in [0.1, 0.15) is 0 Å². The number of rotatable bonds is 4. The standard InChI is InChI=1S/C13H13F3N2S/c1-17-10(7-9-5-3-2-4-6-9)11-8-18-12(19-11)13(14,15)16/h2-6,8,10,17H,7H2,1H3. The molecule has 1 N–H and O–H groups in total. The van der Waals surface area contributed by atoms with E-state index < -0.39 is 11.2 Å². The molecule has 6 heteroatoms. The SMILES string of the molecule is CNC(Cc1ccccc1)c1cnc(C(F)(F)F)s1. The largest absolute Gasteiger partial charge is 0.443 e. The van der Waals surface area contributed by atoms with Gasteiger partial charge in [-0.1, -0.05) is 30.3 Å². The smallest absolute Gasteiger partial charge is 0.312 e. The highest BCUT2D eigenvalue weighted by atomic mass is 32.1. The van der Waals surface area contributed by atoms with Gasteiger partial charge in [-0.15, -0.1) is 11.3 Å². The summed E-state index contributed by atoms with van der Waals surface area (Å²) in [6.45, 7) is 0. The summed E-state index contributed by atoms with van der Waals surface area (Å²) in [5, 5.41) is 2.24. The Balaban J connectivity index is 2.16. The van der Waals surface area contributed by atoms with Crippen molar-refractivity contribution in [2.45, 2.75) is 18.6 Å². The highest BCUT2D eigenvalue weighted by Gasteiger charge is 2.35. The molecule has 1 aromatic heterocycles. The van der Waals surface area contributed by atoms with E-state index in [9.17, 15) is 13.2 Å². The van der Waals surface area contributed by atoms with Gasteiger partial charge in [0.15, 0.2) is 5.01 Å². The van der Waals surface area contributed by atoms with Crippen LogP contribution < -0.4 is 5.32 Å². The summed E-state index contributed by atoms with van der Waals surface area (Å²) in [5.41, 5.74) is 1.07. The molecule has 0 fully saturated rings. The molecule has 1 heterocycles. The van der Waals surface area contributed by atoms with Crippen molar-refractivity contribution in [2.75, 3.05) is 7.05 Å². The summed E-state index contributed by atoms with van der Waals surface area (Å²) in [6.07, 6.45) is -2.43. The summed E-state index contributed by atoms with van der Waals surface area (Å²) in [5.74, 6) is 0. The maximum atomic E-state index is 12.5. The summed E-state index contributed by atoms with van der Waals surface area (Å²) >= 11 is 0.693. The fourth-order valence-electron chi connectivity index (χ4n) is 1.77. The zero-order chi connectivity index (χ0) is 13.9. The highest BCUT2D eigenvalue weighted by Crippen LogP contribution is 2.34. The van der Waals surface area contributed by atoms with Crippen LogP contribution in [0.25, 0.3) is 0 Å². The number of hydrogen-bond donors (Lipinski definition) is 1. The number of benzene rings is 1. The third-order valence-corrected chi connectivity index (χ3v) is 3.90. The van der Waals surface area contributed by atoms with Crippen molar-refractivity contribution in [2.24, 2.45) is 0 Å². The molecule has 0 aliphatic rings. The van der Waals surface area contributed by atoms with Crippen LogP contribution in [0.3, 0.4) is 0 Å². The van der Waals surface area contributed by atoms with Gasteiger partial charge < -0.3 is 5.32 Å². The van der Waals surface area contributed by atoms with E-state index in [0.29, 0.717) is 22.6 Å². The average Bonchev–Trinajstić information content (AvgIpc) is 2.86. The summed E-state index contributed by atoms with van der Waals surface area (Å²) in [7, 11) is 1.74. The van der Waals surface area contributed by atoms with Crippen molar-refractivity contribution in [3.8, 4) is 0 Å². The number of halogens is 3. The predicted octanol–water partition coefficient (Wildman–Crippen LogP) is 3.67. The van der Waals surface area contributed by atoms with Crippen molar-refractivity contribution in [3.05, 3.63) is 52.0 Å². The van der Waals surface area contributed by atoms with Gasteiger partial charge in [-0.2, -0.15) is 13.2 Å². The van der Waals surface area contributed by atoms with E-state index in [1.54, 1.807) is 7.05 Å². The van der Waals surface area contributed by atoms with Crippen molar-refractivity contribution in [1.29, 1.82) is 0 Å². The van der Waals surface area contributed by atoms with Crippen LogP contribution in [0.4, 0.5) is 13.2 Å². The van der Waals surface area contributed by atoms with Gasteiger partial charge in [0.2, 0.25) is 0 Å². The van der Waals surface area contributed by atoms with Crippen LogP contribution in [0.15, 0.2) is 36.5 Å². The Morgan fingerprint density at radius 3 is 2.47 bits per heavy atom. The van der Waals surface area contributed by atoms with Gasteiger partial charge in [0, 0.05) is 17.1 Å². The van der Waals surface area contributed by atoms with Crippen LogP contribution in [0.2, 0.25) is 0 Å². The minimum Gasteiger partial charge on any atom is -0.312 e. The first-order valence-corrected chi connectivity index (χ1v) is 6.56. The number of alkyl halides is 3. The Labute approximate surface area is 113 Å². The molecule has 2 nitrogen and oxygen atoms in total. The molecule has 0 radical (unpaired) electrons. The fourth-order valence-corrected chi connectivity index (χ4v) is 2.67. The van der Waals surface area contributed by atoms with Crippen molar-refractivity contribution >= 4 is 11.3 Å². The molecule has 2 aromatic rings. The molecule has 19 heavy (non-hydrogen) atoms. The minimum absolute atomic E-state index is 0.156. The molecule has 0 saturated carbocycles. The number of thiazole rings is 1. The number of nitrogens with zero attached hydrogens (tertiary/aromatic N) is 1. The topological polar surface area (TPSA) is 24.9 Å². The second kappa shape index (κ2) is 5.71. The summed E-state index contributed by atoms with van der Waals surface area (Å²) in [6, 6.07) is 9.49. The molecule has 0 amide bonds. The lowest BCUT2D eigenvalue weighted by molar-refractivity contribution is -0.137. The zero-order valence-electron chi connectivity index (χ0n) is 10.2. The third kappa shape index (κ3) is 3.54. The van der Waals surface area contributed by atoms with Crippen LogP contribution in [0, 0.1) is 0 Å². The molecule has 0 aliphatic heterocycles. The van der Waals surface area contributed by atoms with Gasteiger partial charge in [0.25, 0.3) is 0 Å². The lowest BCUT2D eigenvalue weighted by atomic mass is 10.1. The first-order chi connectivity index (χ1) is 9.00. The Morgan fingerprint density at radius 1 is 1.26 bits per heavy atom. The molecule has 102 valence electrons. The van der Waals surface area contributed by atoms with Crippen LogP contribution in [0.5, 0.6) is 0 Å². The lowest BCUT2D eigenvalue weighted by Gasteiger charge is -2.13. The monoisotopic (exact) mass is 286 g/mol. The van der Waals surface area contributed by atoms with E-state index in [2.05, 4.69) is 10.3 Å². The first kappa shape index (κ1) is 14.0. The van der Waals surface area contributed by atoms with Gasteiger partial charge in [-0.05, 0) is 19.0 Å². The second-order valence-corrected chi connectivity index (χ2v) is 5.16. The van der Waals surface area contributed by atoms with Crippen molar-refractivity contribution in [1.82, 2.24) is 10.3 Å². The van der Waals surface area contributed by atoms with E-state index in [-0.39, 0.29) is 6.04 Å². The van der Waals surface area contributed by atoms with E-state index in [1.807, 2.05) is 30.3 Å². The highest BCUT2D eigenvalue weighted by molar-refractivity contribution is 7.11. The molecular weight excluding hydrogens is 273 g/mol. The summed E-state index contributed by atoms with van der Waals surface area (Å²) < 4.78 is 37.6. The van der Waals surface area contributed by atoms with E-state index in [4.69, 9.17) is 0 Å². The maximum Gasteiger partial charge on any atom is 0.443 e. The van der Waals surface area contributed by atoms with E-state index in [1.165, 1.54) is 6.20 Å². The Bertz CT molecular complexity index is 522. The minimum atomic E-state index is -4.37. The van der Waals surface area contributed by atoms with Crippen LogP contribution in [0.1, 0.15) is 21.5 Å². The van der Waals surface area contributed by atoms with Crippen molar-refractivity contribution < 1.29 is 13.2 Å². The molecule has 0 bridgehead atoms. The second-order valence-electron chi connectivity index (χ2n) is 4.10. The maximum absolute atomic E-state index is 12.5. The Hall–Kier alpha value is -1.40. The Kier molecular flexibility index (Phi) is 4.21. The normalized spacial score (nSPS) is 13.5. The molecule has 0 saturated heterocycles. The van der Waals surface area contributed by atoms with Crippen molar-refractivity contribution in [3.63, 3.8) is 0 Å². The van der Waals surface area contributed by atoms with Crippen LogP contribution >= 0.6 is 11.3 Å². The zero-order valence-corrected chi connectivity index (χ0v) is 11.1. The number of nitrogens with one attached hydrogen (secondary N) is 1. The molecule has 1 unspecified atom stereocenters. The average molecular weight is 286 g/mol. The number of likely N-dealkylation sites (N-methyl/N-ethyl adjacent to an activating group) is 1. The Morgan fingerprint density at radius 2 is 1.95 bits per heavy atom. The van der Waals surface area contributed by atoms with Crippen LogP contribution in [-0.2, 0) is 12.6 Å². The molecule has 2 rings (SSSR count). The first-order valence-electron chi connectivity index (χ1n) is 5.75. The van der Waals surface area contributed by atoms with E-state index in [0.717, 1.165) is 5.56 Å². The quantitative estimate of drug-likeness (QED) is 0.927. The molecule has 0 spiro atoms.